The highest BCUT2D eigenvalue weighted by atomic mass is 35.5. The van der Waals surface area contributed by atoms with Crippen LogP contribution >= 0.6 is 23.2 Å². The molecule has 0 radical (unpaired) electrons. The Labute approximate surface area is 83.7 Å². The van der Waals surface area contributed by atoms with E-state index in [2.05, 4.69) is 0 Å². The second-order valence-corrected chi connectivity index (χ2v) is 3.40. The van der Waals surface area contributed by atoms with Crippen molar-refractivity contribution >= 4 is 29.2 Å². The number of aliphatic hydroxyl groups excluding tert-OH is 1. The molecule has 0 aromatic carbocycles. The van der Waals surface area contributed by atoms with Crippen molar-refractivity contribution in [1.29, 1.82) is 0 Å². The molecule has 0 aliphatic heterocycles. The van der Waals surface area contributed by atoms with Gasteiger partial charge in [0.05, 0.1) is 10.1 Å². The first kappa shape index (κ1) is 10.5. The molecule has 4 nitrogen and oxygen atoms in total. The van der Waals surface area contributed by atoms with Crippen LogP contribution in [0.4, 0.5) is 0 Å². The molecule has 0 saturated heterocycles. The van der Waals surface area contributed by atoms with Gasteiger partial charge in [0.15, 0.2) is 0 Å². The number of hydrogen-bond donors (Lipinski definition) is 3. The SMILES string of the molecule is O=C(O)C1(O)C=C(Cl)C(Cl)=CC1O. The molecule has 1 aliphatic carbocycles. The smallest absolute Gasteiger partial charge is 0.342 e. The number of halogens is 2. The molecular formula is C7H6Cl2O4. The summed E-state index contributed by atoms with van der Waals surface area (Å²) in [6.45, 7) is 0. The van der Waals surface area contributed by atoms with Gasteiger partial charge in [-0.15, -0.1) is 0 Å². The maximum atomic E-state index is 10.6. The van der Waals surface area contributed by atoms with Crippen molar-refractivity contribution < 1.29 is 20.1 Å². The lowest BCUT2D eigenvalue weighted by atomic mass is 9.92. The van der Waals surface area contributed by atoms with E-state index >= 15 is 0 Å². The second kappa shape index (κ2) is 3.31. The Kier molecular flexibility index (Phi) is 2.68. The van der Waals surface area contributed by atoms with E-state index < -0.39 is 17.7 Å². The molecular weight excluding hydrogens is 219 g/mol. The van der Waals surface area contributed by atoms with Crippen LogP contribution < -0.4 is 0 Å². The average Bonchev–Trinajstić information content (AvgIpc) is 2.01. The predicted octanol–water partition coefficient (Wildman–Crippen LogP) is 0.422. The Balaban J connectivity index is 3.12. The van der Waals surface area contributed by atoms with Crippen molar-refractivity contribution in [2.24, 2.45) is 0 Å². The zero-order chi connectivity index (χ0) is 10.2. The molecule has 2 unspecified atom stereocenters. The summed E-state index contributed by atoms with van der Waals surface area (Å²) in [5.41, 5.74) is -2.39. The number of carboxylic acids is 1. The Morgan fingerprint density at radius 2 is 2.00 bits per heavy atom. The molecule has 3 N–H and O–H groups in total. The minimum Gasteiger partial charge on any atom is -0.479 e. The van der Waals surface area contributed by atoms with Crippen LogP contribution in [0.25, 0.3) is 0 Å². The number of aliphatic hydroxyl groups is 2. The average molecular weight is 225 g/mol. The standard InChI is InChI=1S/C7H6Cl2O4/c8-3-1-5(10)7(13,6(11)12)2-4(3)9/h1-2,5,10,13H,(H,11,12). The second-order valence-electron chi connectivity index (χ2n) is 2.58. The third kappa shape index (κ3) is 1.71. The van der Waals surface area contributed by atoms with Crippen LogP contribution in [0.3, 0.4) is 0 Å². The van der Waals surface area contributed by atoms with Crippen LogP contribution in [0.5, 0.6) is 0 Å². The van der Waals surface area contributed by atoms with Crippen LogP contribution in [0.15, 0.2) is 22.2 Å². The van der Waals surface area contributed by atoms with E-state index in [0.717, 1.165) is 12.2 Å². The van der Waals surface area contributed by atoms with Crippen LogP contribution in [-0.4, -0.2) is 33.0 Å². The Hall–Kier alpha value is -0.550. The van der Waals surface area contributed by atoms with Crippen molar-refractivity contribution in [1.82, 2.24) is 0 Å². The van der Waals surface area contributed by atoms with Crippen LogP contribution in [-0.2, 0) is 4.79 Å². The van der Waals surface area contributed by atoms with Gasteiger partial charge in [-0.05, 0) is 12.2 Å². The summed E-state index contributed by atoms with van der Waals surface area (Å²) in [6, 6.07) is 0. The summed E-state index contributed by atoms with van der Waals surface area (Å²) >= 11 is 11.0. The summed E-state index contributed by atoms with van der Waals surface area (Å²) in [6.07, 6.45) is 0.169. The highest BCUT2D eigenvalue weighted by Gasteiger charge is 2.43. The van der Waals surface area contributed by atoms with Gasteiger partial charge in [0.25, 0.3) is 0 Å². The van der Waals surface area contributed by atoms with Crippen molar-refractivity contribution in [2.45, 2.75) is 11.7 Å². The van der Waals surface area contributed by atoms with Gasteiger partial charge in [-0.3, -0.25) is 0 Å². The monoisotopic (exact) mass is 224 g/mol. The fourth-order valence-corrected chi connectivity index (χ4v) is 1.28. The highest BCUT2D eigenvalue weighted by molar-refractivity contribution is 6.44. The molecule has 0 amide bonds. The van der Waals surface area contributed by atoms with E-state index in [4.69, 9.17) is 28.3 Å². The van der Waals surface area contributed by atoms with Crippen molar-refractivity contribution in [3.8, 4) is 0 Å². The first-order valence-corrected chi connectivity index (χ1v) is 4.03. The van der Waals surface area contributed by atoms with E-state index in [0.29, 0.717) is 0 Å². The van der Waals surface area contributed by atoms with Crippen LogP contribution in [0, 0.1) is 0 Å². The number of carbonyl (C=O) groups is 1. The number of carboxylic acid groups (broad SMARTS) is 1. The van der Waals surface area contributed by atoms with Gasteiger partial charge in [-0.25, -0.2) is 4.79 Å². The normalized spacial score (nSPS) is 33.7. The molecule has 0 fully saturated rings. The minimum atomic E-state index is -2.39. The quantitative estimate of drug-likeness (QED) is 0.604. The van der Waals surface area contributed by atoms with Crippen molar-refractivity contribution in [3.63, 3.8) is 0 Å². The Morgan fingerprint density at radius 1 is 1.46 bits per heavy atom. The number of rotatable bonds is 1. The molecule has 0 heterocycles. The third-order valence-electron chi connectivity index (χ3n) is 1.67. The molecule has 0 aromatic heterocycles. The molecule has 1 aliphatic rings. The zero-order valence-corrected chi connectivity index (χ0v) is 7.75. The Bertz CT molecular complexity index is 310. The molecule has 0 bridgehead atoms. The summed E-state index contributed by atoms with van der Waals surface area (Å²) in [4.78, 5) is 10.6. The van der Waals surface area contributed by atoms with Gasteiger partial charge in [0.1, 0.15) is 6.10 Å². The first-order chi connectivity index (χ1) is 5.88. The van der Waals surface area contributed by atoms with E-state index in [1.807, 2.05) is 0 Å². The van der Waals surface area contributed by atoms with E-state index in [1.54, 1.807) is 0 Å². The third-order valence-corrected chi connectivity index (χ3v) is 2.41. The van der Waals surface area contributed by atoms with Gasteiger partial charge in [-0.2, -0.15) is 0 Å². The summed E-state index contributed by atoms with van der Waals surface area (Å²) in [5.74, 6) is -1.58. The van der Waals surface area contributed by atoms with Gasteiger partial charge in [0.2, 0.25) is 5.60 Å². The minimum absolute atomic E-state index is 0.0140. The molecule has 0 saturated carbocycles. The topological polar surface area (TPSA) is 77.8 Å². The summed E-state index contributed by atoms with van der Waals surface area (Å²) in [7, 11) is 0. The number of aliphatic carboxylic acids is 1. The van der Waals surface area contributed by atoms with Crippen LogP contribution in [0.1, 0.15) is 0 Å². The maximum Gasteiger partial charge on any atom is 0.342 e. The molecule has 6 heteroatoms. The van der Waals surface area contributed by atoms with E-state index in [-0.39, 0.29) is 10.1 Å². The lowest BCUT2D eigenvalue weighted by Crippen LogP contribution is -2.48. The van der Waals surface area contributed by atoms with Crippen molar-refractivity contribution in [2.75, 3.05) is 0 Å². The number of hydrogen-bond acceptors (Lipinski definition) is 3. The zero-order valence-electron chi connectivity index (χ0n) is 6.24. The first-order valence-electron chi connectivity index (χ1n) is 3.28. The van der Waals surface area contributed by atoms with Gasteiger partial charge in [0, 0.05) is 0 Å². The fourth-order valence-electron chi connectivity index (χ4n) is 0.881. The molecule has 1 rings (SSSR count). The lowest BCUT2D eigenvalue weighted by molar-refractivity contribution is -0.160. The molecule has 0 spiro atoms. The highest BCUT2D eigenvalue weighted by Crippen LogP contribution is 2.31. The summed E-state index contributed by atoms with van der Waals surface area (Å²) in [5, 5.41) is 27.1. The van der Waals surface area contributed by atoms with Gasteiger partial charge >= 0.3 is 5.97 Å². The molecule has 72 valence electrons. The fraction of sp³-hybridized carbons (Fsp3) is 0.286. The largest absolute Gasteiger partial charge is 0.479 e. The van der Waals surface area contributed by atoms with Crippen LogP contribution in [0.2, 0.25) is 0 Å². The van der Waals surface area contributed by atoms with Crippen molar-refractivity contribution in [3.05, 3.63) is 22.2 Å². The van der Waals surface area contributed by atoms with E-state index in [1.165, 1.54) is 0 Å². The maximum absolute atomic E-state index is 10.6. The molecule has 0 aromatic rings. The predicted molar refractivity (Wildman–Crippen MR) is 46.5 cm³/mol. The van der Waals surface area contributed by atoms with Gasteiger partial charge < -0.3 is 15.3 Å². The summed E-state index contributed by atoms with van der Waals surface area (Å²) < 4.78 is 0. The van der Waals surface area contributed by atoms with Gasteiger partial charge in [-0.1, -0.05) is 23.2 Å². The molecule has 2 atom stereocenters. The van der Waals surface area contributed by atoms with E-state index in [9.17, 15) is 15.0 Å². The Morgan fingerprint density at radius 3 is 2.46 bits per heavy atom. The lowest BCUT2D eigenvalue weighted by Gasteiger charge is -2.27. The number of allylic oxidation sites excluding steroid dienone is 2. The molecule has 13 heavy (non-hydrogen) atoms.